The summed E-state index contributed by atoms with van der Waals surface area (Å²) in [7, 11) is 1.33. The molecular weight excluding hydrogens is 292 g/mol. The van der Waals surface area contributed by atoms with Gasteiger partial charge in [-0.3, -0.25) is 4.79 Å². The number of nitrogens with one attached hydrogen (secondary N) is 1. The Labute approximate surface area is 130 Å². The highest BCUT2D eigenvalue weighted by Crippen LogP contribution is 2.38. The predicted octanol–water partition coefficient (Wildman–Crippen LogP) is 2.35. The Kier molecular flexibility index (Phi) is 6.18. The van der Waals surface area contributed by atoms with E-state index in [0.717, 1.165) is 25.7 Å². The number of esters is 1. The molecule has 1 aromatic rings. The Morgan fingerprint density at radius 2 is 2.00 bits per heavy atom. The number of halogens is 1. The van der Waals surface area contributed by atoms with Gasteiger partial charge in [0.1, 0.15) is 0 Å². The van der Waals surface area contributed by atoms with Crippen molar-refractivity contribution in [1.82, 2.24) is 0 Å². The summed E-state index contributed by atoms with van der Waals surface area (Å²) in [6.07, 6.45) is 3.72. The van der Waals surface area contributed by atoms with E-state index in [4.69, 9.17) is 5.73 Å². The molecule has 2 rings (SSSR count). The number of carbonyl (C=O) groups excluding carboxylic acids is 2. The van der Waals surface area contributed by atoms with Crippen molar-refractivity contribution >= 4 is 30.0 Å². The van der Waals surface area contributed by atoms with Crippen LogP contribution >= 0.6 is 12.4 Å². The van der Waals surface area contributed by atoms with Gasteiger partial charge >= 0.3 is 5.97 Å². The number of rotatable bonds is 4. The summed E-state index contributed by atoms with van der Waals surface area (Å²) in [4.78, 5) is 23.9. The summed E-state index contributed by atoms with van der Waals surface area (Å²) in [5.41, 5.74) is 6.34. The van der Waals surface area contributed by atoms with Gasteiger partial charge in [0.25, 0.3) is 0 Å². The Hall–Kier alpha value is -1.59. The molecule has 5 nitrogen and oxygen atoms in total. The van der Waals surface area contributed by atoms with Gasteiger partial charge in [-0.25, -0.2) is 4.79 Å². The largest absolute Gasteiger partial charge is 0.465 e. The van der Waals surface area contributed by atoms with Gasteiger partial charge in [-0.15, -0.1) is 12.4 Å². The Balaban J connectivity index is 0.00000220. The number of amides is 1. The zero-order chi connectivity index (χ0) is 14.6. The lowest BCUT2D eigenvalue weighted by molar-refractivity contribution is -0.124. The predicted molar refractivity (Wildman–Crippen MR) is 83.6 cm³/mol. The van der Waals surface area contributed by atoms with Gasteiger partial charge in [-0.2, -0.15) is 0 Å². The average molecular weight is 313 g/mol. The molecule has 1 saturated carbocycles. The highest BCUT2D eigenvalue weighted by molar-refractivity contribution is 5.97. The van der Waals surface area contributed by atoms with Crippen molar-refractivity contribution in [3.8, 4) is 0 Å². The van der Waals surface area contributed by atoms with Gasteiger partial charge < -0.3 is 15.8 Å². The fourth-order valence-electron chi connectivity index (χ4n) is 2.68. The standard InChI is InChI=1S/C15H20N2O3.ClH/c1-20-13(18)11-5-4-6-12(9-11)17-14(19)15(10-16)7-2-3-8-15;/h4-6,9H,2-3,7-8,10,16H2,1H3,(H,17,19);1H. The van der Waals surface area contributed by atoms with Crippen LogP contribution in [0.4, 0.5) is 5.69 Å². The van der Waals surface area contributed by atoms with Gasteiger partial charge in [0.2, 0.25) is 5.91 Å². The van der Waals surface area contributed by atoms with Gasteiger partial charge in [0.15, 0.2) is 0 Å². The Morgan fingerprint density at radius 3 is 2.57 bits per heavy atom. The topological polar surface area (TPSA) is 81.4 Å². The molecule has 0 spiro atoms. The van der Waals surface area contributed by atoms with E-state index in [2.05, 4.69) is 10.1 Å². The second kappa shape index (κ2) is 7.43. The number of methoxy groups -OCH3 is 1. The summed E-state index contributed by atoms with van der Waals surface area (Å²) in [6.45, 7) is 0.357. The van der Waals surface area contributed by atoms with Gasteiger partial charge in [-0.05, 0) is 31.0 Å². The van der Waals surface area contributed by atoms with Crippen LogP contribution < -0.4 is 11.1 Å². The van der Waals surface area contributed by atoms with Crippen LogP contribution in [0.25, 0.3) is 0 Å². The molecule has 0 bridgehead atoms. The summed E-state index contributed by atoms with van der Waals surface area (Å²) in [5.74, 6) is -0.477. The number of hydrogen-bond acceptors (Lipinski definition) is 4. The SMILES string of the molecule is COC(=O)c1cccc(NC(=O)C2(CN)CCCC2)c1.Cl. The fourth-order valence-corrected chi connectivity index (χ4v) is 2.68. The third-order valence-electron chi connectivity index (χ3n) is 3.97. The molecule has 1 aromatic carbocycles. The molecule has 0 atom stereocenters. The summed E-state index contributed by atoms with van der Waals surface area (Å²) < 4.78 is 4.67. The molecule has 0 saturated heterocycles. The van der Waals surface area contributed by atoms with Crippen molar-refractivity contribution in [1.29, 1.82) is 0 Å². The van der Waals surface area contributed by atoms with E-state index in [0.29, 0.717) is 17.8 Å². The molecule has 1 aliphatic rings. The average Bonchev–Trinajstić information content (AvgIpc) is 2.97. The molecule has 21 heavy (non-hydrogen) atoms. The lowest BCUT2D eigenvalue weighted by Crippen LogP contribution is -2.40. The Morgan fingerprint density at radius 1 is 1.33 bits per heavy atom. The second-order valence-corrected chi connectivity index (χ2v) is 5.22. The fraction of sp³-hybridized carbons (Fsp3) is 0.467. The van der Waals surface area contributed by atoms with E-state index in [1.165, 1.54) is 7.11 Å². The minimum absolute atomic E-state index is 0. The monoisotopic (exact) mass is 312 g/mol. The number of hydrogen-bond donors (Lipinski definition) is 2. The number of carbonyl (C=O) groups is 2. The maximum atomic E-state index is 12.4. The number of nitrogens with two attached hydrogens (primary N) is 1. The smallest absolute Gasteiger partial charge is 0.337 e. The van der Waals surface area contributed by atoms with Gasteiger partial charge in [0, 0.05) is 12.2 Å². The van der Waals surface area contributed by atoms with E-state index in [1.807, 2.05) is 0 Å². The van der Waals surface area contributed by atoms with Crippen LogP contribution in [0, 0.1) is 5.41 Å². The van der Waals surface area contributed by atoms with Crippen LogP contribution in [-0.4, -0.2) is 25.5 Å². The maximum Gasteiger partial charge on any atom is 0.337 e. The lowest BCUT2D eigenvalue weighted by atomic mass is 9.85. The third kappa shape index (κ3) is 3.74. The zero-order valence-electron chi connectivity index (χ0n) is 12.1. The lowest BCUT2D eigenvalue weighted by Gasteiger charge is -2.25. The molecule has 0 heterocycles. The highest BCUT2D eigenvalue weighted by atomic mass is 35.5. The number of ether oxygens (including phenoxy) is 1. The first-order valence-corrected chi connectivity index (χ1v) is 6.81. The molecule has 1 fully saturated rings. The molecule has 116 valence electrons. The van der Waals surface area contributed by atoms with Crippen molar-refractivity contribution in [2.75, 3.05) is 19.0 Å². The molecule has 0 radical (unpaired) electrons. The highest BCUT2D eigenvalue weighted by Gasteiger charge is 2.39. The quantitative estimate of drug-likeness (QED) is 0.836. The van der Waals surface area contributed by atoms with Crippen molar-refractivity contribution in [3.63, 3.8) is 0 Å². The molecule has 1 amide bonds. The number of anilines is 1. The maximum absolute atomic E-state index is 12.4. The molecule has 6 heteroatoms. The normalized spacial score (nSPS) is 15.9. The van der Waals surface area contributed by atoms with E-state index >= 15 is 0 Å². The first kappa shape index (κ1) is 17.5. The summed E-state index contributed by atoms with van der Waals surface area (Å²) in [6, 6.07) is 6.73. The molecule has 3 N–H and O–H groups in total. The summed E-state index contributed by atoms with van der Waals surface area (Å²) >= 11 is 0. The van der Waals surface area contributed by atoms with Crippen LogP contribution in [0.3, 0.4) is 0 Å². The zero-order valence-corrected chi connectivity index (χ0v) is 12.9. The minimum Gasteiger partial charge on any atom is -0.465 e. The first-order chi connectivity index (χ1) is 9.61. The van der Waals surface area contributed by atoms with Crippen molar-refractivity contribution in [3.05, 3.63) is 29.8 Å². The van der Waals surface area contributed by atoms with Crippen LogP contribution in [0.2, 0.25) is 0 Å². The van der Waals surface area contributed by atoms with Crippen molar-refractivity contribution < 1.29 is 14.3 Å². The number of benzene rings is 1. The molecule has 0 aromatic heterocycles. The Bertz CT molecular complexity index is 513. The first-order valence-electron chi connectivity index (χ1n) is 6.81. The van der Waals surface area contributed by atoms with E-state index < -0.39 is 11.4 Å². The second-order valence-electron chi connectivity index (χ2n) is 5.22. The summed E-state index contributed by atoms with van der Waals surface area (Å²) in [5, 5.41) is 2.87. The molecule has 0 aliphatic heterocycles. The molecule has 1 aliphatic carbocycles. The van der Waals surface area contributed by atoms with E-state index in [-0.39, 0.29) is 18.3 Å². The van der Waals surface area contributed by atoms with Crippen molar-refractivity contribution in [2.24, 2.45) is 11.1 Å². The van der Waals surface area contributed by atoms with Gasteiger partial charge in [0.05, 0.1) is 18.1 Å². The minimum atomic E-state index is -0.457. The van der Waals surface area contributed by atoms with Crippen LogP contribution in [0.1, 0.15) is 36.0 Å². The third-order valence-corrected chi connectivity index (χ3v) is 3.97. The molecular formula is C15H21ClN2O3. The van der Waals surface area contributed by atoms with Crippen LogP contribution in [0.5, 0.6) is 0 Å². The van der Waals surface area contributed by atoms with E-state index in [9.17, 15) is 9.59 Å². The van der Waals surface area contributed by atoms with Crippen molar-refractivity contribution in [2.45, 2.75) is 25.7 Å². The van der Waals surface area contributed by atoms with Crippen LogP contribution in [0.15, 0.2) is 24.3 Å². The van der Waals surface area contributed by atoms with Crippen LogP contribution in [-0.2, 0) is 9.53 Å². The van der Waals surface area contributed by atoms with E-state index in [1.54, 1.807) is 24.3 Å². The molecule has 0 unspecified atom stereocenters. The van der Waals surface area contributed by atoms with Gasteiger partial charge in [-0.1, -0.05) is 18.9 Å².